The van der Waals surface area contributed by atoms with Crippen molar-refractivity contribution in [1.29, 1.82) is 0 Å². The Morgan fingerprint density at radius 2 is 2.00 bits per heavy atom. The maximum atomic E-state index is 3.48. The van der Waals surface area contributed by atoms with Crippen LogP contribution in [0.5, 0.6) is 0 Å². The summed E-state index contributed by atoms with van der Waals surface area (Å²) in [4.78, 5) is 0. The third kappa shape index (κ3) is 4.30. The van der Waals surface area contributed by atoms with Gasteiger partial charge in [0.05, 0.1) is 0 Å². The van der Waals surface area contributed by atoms with Crippen molar-refractivity contribution in [2.75, 3.05) is 0 Å². The molecule has 16 heavy (non-hydrogen) atoms. The fourth-order valence-corrected chi connectivity index (χ4v) is 1.93. The van der Waals surface area contributed by atoms with E-state index in [2.05, 4.69) is 64.0 Å². The lowest BCUT2D eigenvalue weighted by Gasteiger charge is -2.14. The van der Waals surface area contributed by atoms with Crippen LogP contribution in [0.15, 0.2) is 54.1 Å². The zero-order valence-electron chi connectivity index (χ0n) is 9.98. The molecule has 0 spiro atoms. The van der Waals surface area contributed by atoms with Crippen molar-refractivity contribution >= 4 is 9.24 Å². The molecule has 0 bridgehead atoms. The summed E-state index contributed by atoms with van der Waals surface area (Å²) in [6.45, 7) is 5.00. The van der Waals surface area contributed by atoms with Gasteiger partial charge in [0, 0.05) is 12.3 Å². The molecule has 1 aromatic carbocycles. The minimum Gasteiger partial charge on any atom is -0.303 e. The number of allylic oxidation sites excluding steroid dienone is 2. The van der Waals surface area contributed by atoms with Crippen LogP contribution < -0.4 is 5.32 Å². The summed E-state index contributed by atoms with van der Waals surface area (Å²) in [5.74, 6) is 0.307. The fraction of sp³-hybridized carbons (Fsp3) is 0.286. The van der Waals surface area contributed by atoms with Gasteiger partial charge in [-0.05, 0) is 25.0 Å². The number of hydrogen-bond donors (Lipinski definition) is 1. The second-order valence-electron chi connectivity index (χ2n) is 3.63. The second-order valence-corrected chi connectivity index (χ2v) is 4.30. The Kier molecular flexibility index (Phi) is 6.07. The van der Waals surface area contributed by atoms with Crippen LogP contribution in [0.3, 0.4) is 0 Å². The Bertz CT molecular complexity index is 354. The molecule has 0 aromatic heterocycles. The van der Waals surface area contributed by atoms with Crippen LogP contribution >= 0.6 is 9.24 Å². The largest absolute Gasteiger partial charge is 0.303 e. The lowest BCUT2D eigenvalue weighted by molar-refractivity contribution is 0.710. The van der Waals surface area contributed by atoms with Crippen LogP contribution in [0.1, 0.15) is 19.4 Å². The van der Waals surface area contributed by atoms with Crippen LogP contribution in [0.4, 0.5) is 0 Å². The zero-order valence-corrected chi connectivity index (χ0v) is 11.1. The molecule has 0 heterocycles. The summed E-state index contributed by atoms with van der Waals surface area (Å²) in [5, 5.41) is 3.48. The van der Waals surface area contributed by atoms with Crippen LogP contribution in [-0.2, 0) is 6.54 Å². The molecule has 0 aliphatic carbocycles. The average molecular weight is 233 g/mol. The maximum absolute atomic E-state index is 3.48. The van der Waals surface area contributed by atoms with Crippen LogP contribution in [0.2, 0.25) is 0 Å². The molecule has 0 aliphatic heterocycles. The molecule has 86 valence electrons. The molecule has 0 radical (unpaired) electrons. The SMILES string of the molecule is C/C=C\C(=C/C)C(P)NCc1ccccc1. The standard InChI is InChI=1S/C14H20NP/c1-3-8-13(4-2)14(16)15-11-12-9-6-5-7-10-12/h3-10,14-15H,11,16H2,1-2H3/b8-3-,13-4+. The van der Waals surface area contributed by atoms with E-state index in [-0.39, 0.29) is 0 Å². The molecule has 2 heteroatoms. The van der Waals surface area contributed by atoms with E-state index in [0.717, 1.165) is 6.54 Å². The Balaban J connectivity index is 2.49. The summed E-state index contributed by atoms with van der Waals surface area (Å²) >= 11 is 0. The third-order valence-electron chi connectivity index (χ3n) is 2.42. The second kappa shape index (κ2) is 7.38. The van der Waals surface area contributed by atoms with Gasteiger partial charge in [-0.15, -0.1) is 9.24 Å². The molecule has 0 saturated carbocycles. The fourth-order valence-electron chi connectivity index (χ4n) is 1.51. The highest BCUT2D eigenvalue weighted by Crippen LogP contribution is 2.12. The van der Waals surface area contributed by atoms with E-state index in [1.54, 1.807) is 0 Å². The van der Waals surface area contributed by atoms with Crippen LogP contribution in [0, 0.1) is 0 Å². The topological polar surface area (TPSA) is 12.0 Å². The first kappa shape index (κ1) is 13.2. The van der Waals surface area contributed by atoms with Crippen molar-refractivity contribution < 1.29 is 0 Å². The number of nitrogens with one attached hydrogen (secondary N) is 1. The van der Waals surface area contributed by atoms with E-state index in [9.17, 15) is 0 Å². The van der Waals surface area contributed by atoms with Gasteiger partial charge in [-0.1, -0.05) is 48.6 Å². The van der Waals surface area contributed by atoms with Gasteiger partial charge in [-0.2, -0.15) is 0 Å². The Morgan fingerprint density at radius 1 is 1.31 bits per heavy atom. The van der Waals surface area contributed by atoms with E-state index in [1.807, 2.05) is 13.0 Å². The highest BCUT2D eigenvalue weighted by molar-refractivity contribution is 7.18. The van der Waals surface area contributed by atoms with E-state index < -0.39 is 0 Å². The summed E-state index contributed by atoms with van der Waals surface area (Å²) in [5.41, 5.74) is 2.61. The zero-order chi connectivity index (χ0) is 11.8. The van der Waals surface area contributed by atoms with E-state index in [0.29, 0.717) is 5.78 Å². The molecule has 1 nitrogen and oxygen atoms in total. The van der Waals surface area contributed by atoms with Gasteiger partial charge >= 0.3 is 0 Å². The number of rotatable bonds is 5. The molecule has 0 fully saturated rings. The molecular formula is C14H20NP. The maximum Gasteiger partial charge on any atom is 0.0463 e. The lowest BCUT2D eigenvalue weighted by Crippen LogP contribution is -2.23. The van der Waals surface area contributed by atoms with Gasteiger partial charge in [0.2, 0.25) is 0 Å². The molecule has 0 amide bonds. The van der Waals surface area contributed by atoms with E-state index in [4.69, 9.17) is 0 Å². The monoisotopic (exact) mass is 233 g/mol. The van der Waals surface area contributed by atoms with Crippen LogP contribution in [0.25, 0.3) is 0 Å². The summed E-state index contributed by atoms with van der Waals surface area (Å²) in [6, 6.07) is 10.4. The van der Waals surface area contributed by atoms with Gasteiger partial charge < -0.3 is 5.32 Å². The summed E-state index contributed by atoms with van der Waals surface area (Å²) in [7, 11) is 2.83. The first-order valence-corrected chi connectivity index (χ1v) is 6.26. The molecule has 0 saturated heterocycles. The number of benzene rings is 1. The third-order valence-corrected chi connectivity index (χ3v) is 3.04. The molecule has 2 atom stereocenters. The van der Waals surface area contributed by atoms with Crippen molar-refractivity contribution in [1.82, 2.24) is 5.32 Å². The van der Waals surface area contributed by atoms with Crippen molar-refractivity contribution in [2.45, 2.75) is 26.2 Å². The predicted octanol–water partition coefficient (Wildman–Crippen LogP) is 3.50. The Hall–Kier alpha value is -0.910. The first-order valence-electron chi connectivity index (χ1n) is 5.59. The molecular weight excluding hydrogens is 213 g/mol. The Labute approximate surface area is 101 Å². The van der Waals surface area contributed by atoms with E-state index >= 15 is 0 Å². The van der Waals surface area contributed by atoms with Crippen molar-refractivity contribution in [3.05, 3.63) is 59.7 Å². The number of hydrogen-bond acceptors (Lipinski definition) is 1. The summed E-state index contributed by atoms with van der Waals surface area (Å²) < 4.78 is 0. The van der Waals surface area contributed by atoms with E-state index in [1.165, 1.54) is 11.1 Å². The van der Waals surface area contributed by atoms with Crippen molar-refractivity contribution in [3.8, 4) is 0 Å². The smallest absolute Gasteiger partial charge is 0.0463 e. The van der Waals surface area contributed by atoms with Crippen molar-refractivity contribution in [3.63, 3.8) is 0 Å². The highest BCUT2D eigenvalue weighted by atomic mass is 31.0. The molecule has 1 aromatic rings. The quantitative estimate of drug-likeness (QED) is 0.606. The van der Waals surface area contributed by atoms with Gasteiger partial charge in [0.15, 0.2) is 0 Å². The molecule has 1 rings (SSSR count). The van der Waals surface area contributed by atoms with Gasteiger partial charge in [-0.3, -0.25) is 0 Å². The van der Waals surface area contributed by atoms with Gasteiger partial charge in [0.1, 0.15) is 0 Å². The normalized spacial score (nSPS) is 14.3. The minimum atomic E-state index is 0.307. The summed E-state index contributed by atoms with van der Waals surface area (Å²) in [6.07, 6.45) is 6.34. The molecule has 2 unspecified atom stereocenters. The predicted molar refractivity (Wildman–Crippen MR) is 75.4 cm³/mol. The first-order chi connectivity index (χ1) is 7.77. The van der Waals surface area contributed by atoms with Gasteiger partial charge in [-0.25, -0.2) is 0 Å². The Morgan fingerprint density at radius 3 is 2.56 bits per heavy atom. The van der Waals surface area contributed by atoms with Crippen LogP contribution in [-0.4, -0.2) is 5.78 Å². The van der Waals surface area contributed by atoms with Gasteiger partial charge in [0.25, 0.3) is 0 Å². The molecule has 0 aliphatic rings. The minimum absolute atomic E-state index is 0.307. The lowest BCUT2D eigenvalue weighted by atomic mass is 10.2. The molecule has 1 N–H and O–H groups in total. The average Bonchev–Trinajstić information content (AvgIpc) is 2.34. The highest BCUT2D eigenvalue weighted by Gasteiger charge is 2.03. The van der Waals surface area contributed by atoms with Crippen molar-refractivity contribution in [2.24, 2.45) is 0 Å².